The Hall–Kier alpha value is -1.91. The SMILES string of the molecule is CC1C(C(N)=O)=NNC1c1ccc(F)cc1. The van der Waals surface area contributed by atoms with Crippen molar-refractivity contribution in [3.05, 3.63) is 35.6 Å². The number of halogens is 1. The maximum atomic E-state index is 12.8. The van der Waals surface area contributed by atoms with Gasteiger partial charge in [0.15, 0.2) is 0 Å². The van der Waals surface area contributed by atoms with Crippen molar-refractivity contribution in [2.75, 3.05) is 0 Å². The van der Waals surface area contributed by atoms with Crippen LogP contribution in [0.2, 0.25) is 0 Å². The van der Waals surface area contributed by atoms with Crippen LogP contribution in [0.4, 0.5) is 4.39 Å². The predicted molar refractivity (Wildman–Crippen MR) is 58.1 cm³/mol. The summed E-state index contributed by atoms with van der Waals surface area (Å²) in [6.45, 7) is 1.86. The number of hydrazone groups is 1. The number of benzene rings is 1. The van der Waals surface area contributed by atoms with Crippen LogP contribution in [0, 0.1) is 11.7 Å². The highest BCUT2D eigenvalue weighted by atomic mass is 19.1. The molecule has 0 bridgehead atoms. The number of nitrogens with two attached hydrogens (primary N) is 1. The second kappa shape index (κ2) is 3.92. The highest BCUT2D eigenvalue weighted by Gasteiger charge is 2.31. The van der Waals surface area contributed by atoms with Gasteiger partial charge in [-0.2, -0.15) is 5.10 Å². The van der Waals surface area contributed by atoms with Gasteiger partial charge in [0.2, 0.25) is 0 Å². The second-order valence-electron chi connectivity index (χ2n) is 3.81. The first kappa shape index (κ1) is 10.6. The summed E-state index contributed by atoms with van der Waals surface area (Å²) in [5.41, 5.74) is 9.23. The minimum absolute atomic E-state index is 0.108. The molecule has 0 spiro atoms. The van der Waals surface area contributed by atoms with E-state index in [4.69, 9.17) is 5.73 Å². The van der Waals surface area contributed by atoms with Gasteiger partial charge in [-0.25, -0.2) is 4.39 Å². The Morgan fingerprint density at radius 2 is 2.06 bits per heavy atom. The van der Waals surface area contributed by atoms with Gasteiger partial charge >= 0.3 is 0 Å². The first-order valence-electron chi connectivity index (χ1n) is 4.98. The fourth-order valence-electron chi connectivity index (χ4n) is 1.82. The Bertz CT molecular complexity index is 441. The largest absolute Gasteiger partial charge is 0.364 e. The lowest BCUT2D eigenvalue weighted by atomic mass is 9.92. The van der Waals surface area contributed by atoms with E-state index in [9.17, 15) is 9.18 Å². The van der Waals surface area contributed by atoms with Crippen molar-refractivity contribution in [2.24, 2.45) is 16.8 Å². The van der Waals surface area contributed by atoms with Crippen LogP contribution in [-0.4, -0.2) is 11.6 Å². The number of amides is 1. The van der Waals surface area contributed by atoms with Gasteiger partial charge in [0.05, 0.1) is 6.04 Å². The molecule has 0 radical (unpaired) electrons. The molecule has 1 aliphatic rings. The minimum Gasteiger partial charge on any atom is -0.364 e. The van der Waals surface area contributed by atoms with Crippen LogP contribution in [0.15, 0.2) is 29.4 Å². The predicted octanol–water partition coefficient (Wildman–Crippen LogP) is 0.947. The Morgan fingerprint density at radius 1 is 1.44 bits per heavy atom. The standard InChI is InChI=1S/C11H12FN3O/c1-6-9(14-15-10(6)11(13)16)7-2-4-8(12)5-3-7/h2-6,9,14H,1H3,(H2,13,16). The molecule has 2 atom stereocenters. The summed E-state index contributed by atoms with van der Waals surface area (Å²) >= 11 is 0. The molecule has 1 heterocycles. The van der Waals surface area contributed by atoms with Gasteiger partial charge < -0.3 is 11.2 Å². The van der Waals surface area contributed by atoms with Crippen LogP contribution in [-0.2, 0) is 4.79 Å². The van der Waals surface area contributed by atoms with E-state index in [2.05, 4.69) is 10.5 Å². The van der Waals surface area contributed by atoms with Crippen LogP contribution in [0.25, 0.3) is 0 Å². The third kappa shape index (κ3) is 1.76. The fourth-order valence-corrected chi connectivity index (χ4v) is 1.82. The lowest BCUT2D eigenvalue weighted by molar-refractivity contribution is -0.112. The van der Waals surface area contributed by atoms with Gasteiger partial charge in [-0.05, 0) is 17.7 Å². The minimum atomic E-state index is -0.524. The van der Waals surface area contributed by atoms with E-state index in [0.717, 1.165) is 5.56 Å². The first-order valence-corrected chi connectivity index (χ1v) is 4.98. The number of primary amides is 1. The van der Waals surface area contributed by atoms with E-state index in [-0.39, 0.29) is 17.8 Å². The van der Waals surface area contributed by atoms with Crippen LogP contribution >= 0.6 is 0 Å². The summed E-state index contributed by atoms with van der Waals surface area (Å²) in [7, 11) is 0. The Kier molecular flexibility index (Phi) is 2.60. The molecular weight excluding hydrogens is 209 g/mol. The average Bonchev–Trinajstić information content (AvgIpc) is 2.61. The number of carbonyl (C=O) groups excluding carboxylic acids is 1. The summed E-state index contributed by atoms with van der Waals surface area (Å²) in [6.07, 6.45) is 0. The lowest BCUT2D eigenvalue weighted by Crippen LogP contribution is -2.28. The van der Waals surface area contributed by atoms with Crippen LogP contribution in [0.3, 0.4) is 0 Å². The van der Waals surface area contributed by atoms with Gasteiger partial charge in [-0.1, -0.05) is 19.1 Å². The smallest absolute Gasteiger partial charge is 0.265 e. The molecule has 0 aliphatic carbocycles. The molecule has 84 valence electrons. The summed E-state index contributed by atoms with van der Waals surface area (Å²) in [5.74, 6) is -0.919. The average molecular weight is 221 g/mol. The van der Waals surface area contributed by atoms with Crippen LogP contribution in [0.5, 0.6) is 0 Å². The van der Waals surface area contributed by atoms with Crippen LogP contribution in [0.1, 0.15) is 18.5 Å². The van der Waals surface area contributed by atoms with Crippen LogP contribution < -0.4 is 11.2 Å². The molecule has 0 saturated carbocycles. The molecule has 1 aromatic rings. The van der Waals surface area contributed by atoms with Crippen molar-refractivity contribution >= 4 is 11.6 Å². The van der Waals surface area contributed by atoms with Crippen molar-refractivity contribution in [1.29, 1.82) is 0 Å². The maximum Gasteiger partial charge on any atom is 0.265 e. The molecule has 4 nitrogen and oxygen atoms in total. The summed E-state index contributed by atoms with van der Waals surface area (Å²) in [6, 6.07) is 5.98. The van der Waals surface area contributed by atoms with Gasteiger partial charge in [-0.3, -0.25) is 4.79 Å². The number of nitrogens with one attached hydrogen (secondary N) is 1. The van der Waals surface area contributed by atoms with Crippen molar-refractivity contribution in [2.45, 2.75) is 13.0 Å². The topological polar surface area (TPSA) is 67.5 Å². The fraction of sp³-hybridized carbons (Fsp3) is 0.273. The van der Waals surface area contributed by atoms with E-state index in [1.807, 2.05) is 6.92 Å². The van der Waals surface area contributed by atoms with E-state index in [1.165, 1.54) is 12.1 Å². The highest BCUT2D eigenvalue weighted by Crippen LogP contribution is 2.27. The second-order valence-corrected chi connectivity index (χ2v) is 3.81. The summed E-state index contributed by atoms with van der Waals surface area (Å²) in [5, 5.41) is 3.89. The number of carbonyl (C=O) groups is 1. The Balaban J connectivity index is 2.21. The van der Waals surface area contributed by atoms with E-state index < -0.39 is 5.91 Å². The zero-order valence-electron chi connectivity index (χ0n) is 8.77. The van der Waals surface area contributed by atoms with E-state index >= 15 is 0 Å². The molecule has 1 amide bonds. The quantitative estimate of drug-likeness (QED) is 0.780. The van der Waals surface area contributed by atoms with Gasteiger partial charge in [-0.15, -0.1) is 0 Å². The first-order chi connectivity index (χ1) is 7.59. The molecule has 5 heteroatoms. The van der Waals surface area contributed by atoms with E-state index in [1.54, 1.807) is 12.1 Å². The van der Waals surface area contributed by atoms with Gasteiger partial charge in [0.25, 0.3) is 5.91 Å². The highest BCUT2D eigenvalue weighted by molar-refractivity contribution is 6.39. The summed E-state index contributed by atoms with van der Waals surface area (Å²) < 4.78 is 12.8. The molecule has 16 heavy (non-hydrogen) atoms. The van der Waals surface area contributed by atoms with E-state index in [0.29, 0.717) is 5.71 Å². The third-order valence-electron chi connectivity index (χ3n) is 2.74. The molecule has 2 unspecified atom stereocenters. The lowest BCUT2D eigenvalue weighted by Gasteiger charge is -2.15. The van der Waals surface area contributed by atoms with Crippen molar-refractivity contribution in [3.63, 3.8) is 0 Å². The zero-order valence-corrected chi connectivity index (χ0v) is 8.77. The molecule has 0 saturated heterocycles. The Morgan fingerprint density at radius 3 is 2.56 bits per heavy atom. The zero-order chi connectivity index (χ0) is 11.7. The number of nitrogens with zero attached hydrogens (tertiary/aromatic N) is 1. The van der Waals surface area contributed by atoms with Crippen molar-refractivity contribution in [3.8, 4) is 0 Å². The monoisotopic (exact) mass is 221 g/mol. The number of rotatable bonds is 2. The maximum absolute atomic E-state index is 12.8. The molecule has 0 aromatic heterocycles. The van der Waals surface area contributed by atoms with Crippen molar-refractivity contribution < 1.29 is 9.18 Å². The molecule has 2 rings (SSSR count). The normalized spacial score (nSPS) is 23.8. The number of hydrogen-bond donors (Lipinski definition) is 2. The third-order valence-corrected chi connectivity index (χ3v) is 2.74. The molecule has 3 N–H and O–H groups in total. The Labute approximate surface area is 92.3 Å². The molecule has 1 aliphatic heterocycles. The number of hydrogen-bond acceptors (Lipinski definition) is 3. The van der Waals surface area contributed by atoms with Crippen molar-refractivity contribution in [1.82, 2.24) is 5.43 Å². The van der Waals surface area contributed by atoms with Gasteiger partial charge in [0, 0.05) is 5.92 Å². The molecular formula is C11H12FN3O. The van der Waals surface area contributed by atoms with Gasteiger partial charge in [0.1, 0.15) is 11.5 Å². The molecule has 0 fully saturated rings. The molecule has 1 aromatic carbocycles. The summed E-state index contributed by atoms with van der Waals surface area (Å²) in [4.78, 5) is 11.0.